The molecule has 1 nitrogen and oxygen atoms in total. The first kappa shape index (κ1) is 13.7. The van der Waals surface area contributed by atoms with Crippen LogP contribution >= 0.6 is 11.8 Å². The van der Waals surface area contributed by atoms with Gasteiger partial charge in [-0.1, -0.05) is 18.2 Å². The molecular weight excluding hydrogens is 266 g/mol. The van der Waals surface area contributed by atoms with Gasteiger partial charge in [0.25, 0.3) is 0 Å². The van der Waals surface area contributed by atoms with Gasteiger partial charge in [-0.05, 0) is 35.9 Å². The molecule has 0 radical (unpaired) electrons. The Morgan fingerprint density at radius 1 is 1.05 bits per heavy atom. The summed E-state index contributed by atoms with van der Waals surface area (Å²) in [6.07, 6.45) is -0.0799. The summed E-state index contributed by atoms with van der Waals surface area (Å²) in [6.45, 7) is 0. The Kier molecular flexibility index (Phi) is 4.68. The molecular formula is C15H12F2OS. The number of ketones is 1. The summed E-state index contributed by atoms with van der Waals surface area (Å²) in [4.78, 5) is 12.7. The van der Waals surface area contributed by atoms with Crippen LogP contribution in [0.2, 0.25) is 0 Å². The Hall–Kier alpha value is -1.68. The van der Waals surface area contributed by atoms with Crippen LogP contribution in [0.3, 0.4) is 0 Å². The van der Waals surface area contributed by atoms with Gasteiger partial charge < -0.3 is 0 Å². The van der Waals surface area contributed by atoms with Gasteiger partial charge in [-0.25, -0.2) is 8.78 Å². The molecule has 0 aliphatic rings. The van der Waals surface area contributed by atoms with Crippen molar-refractivity contribution in [3.8, 4) is 0 Å². The van der Waals surface area contributed by atoms with E-state index in [1.54, 1.807) is 0 Å². The van der Waals surface area contributed by atoms with Crippen LogP contribution in [-0.2, 0) is 11.2 Å². The first-order valence-electron chi connectivity index (χ1n) is 5.78. The fourth-order valence-corrected chi connectivity index (χ4v) is 2.40. The van der Waals surface area contributed by atoms with Crippen molar-refractivity contribution in [1.82, 2.24) is 0 Å². The molecule has 0 bridgehead atoms. The molecule has 2 aromatic carbocycles. The molecule has 0 fully saturated rings. The molecule has 0 atom stereocenters. The number of hydrogen-bond donors (Lipinski definition) is 0. The number of carbonyl (C=O) groups is 1. The van der Waals surface area contributed by atoms with Crippen molar-refractivity contribution < 1.29 is 13.6 Å². The van der Waals surface area contributed by atoms with Gasteiger partial charge in [0.2, 0.25) is 0 Å². The third-order valence-electron chi connectivity index (χ3n) is 2.54. The number of thioether (sulfide) groups is 1. The molecule has 0 aliphatic heterocycles. The molecule has 0 unspecified atom stereocenters. The Morgan fingerprint density at radius 3 is 2.53 bits per heavy atom. The van der Waals surface area contributed by atoms with Crippen LogP contribution in [-0.4, -0.2) is 11.5 Å². The second-order valence-electron chi connectivity index (χ2n) is 4.05. The second-order valence-corrected chi connectivity index (χ2v) is 5.10. The van der Waals surface area contributed by atoms with Crippen LogP contribution in [0.5, 0.6) is 0 Å². The van der Waals surface area contributed by atoms with Crippen molar-refractivity contribution in [2.45, 2.75) is 11.3 Å². The average Bonchev–Trinajstić information content (AvgIpc) is 2.42. The lowest BCUT2D eigenvalue weighted by atomic mass is 10.1. The van der Waals surface area contributed by atoms with Crippen molar-refractivity contribution in [3.63, 3.8) is 0 Å². The molecule has 4 heteroatoms. The largest absolute Gasteiger partial charge is 0.298 e. The standard InChI is InChI=1S/C15H12F2OS/c16-12-6-7-15(17)11(8-12)9-13(18)10-19-14-4-2-1-3-5-14/h1-8H,9-10H2. The quantitative estimate of drug-likeness (QED) is 0.772. The van der Waals surface area contributed by atoms with Gasteiger partial charge in [0, 0.05) is 11.3 Å². The molecule has 98 valence electrons. The first-order chi connectivity index (χ1) is 9.15. The van der Waals surface area contributed by atoms with Crippen molar-refractivity contribution >= 4 is 17.5 Å². The van der Waals surface area contributed by atoms with E-state index in [9.17, 15) is 13.6 Å². The molecule has 0 N–H and O–H groups in total. The van der Waals surface area contributed by atoms with Crippen LogP contribution in [0.1, 0.15) is 5.56 Å². The molecule has 0 spiro atoms. The van der Waals surface area contributed by atoms with Crippen molar-refractivity contribution in [2.24, 2.45) is 0 Å². The van der Waals surface area contributed by atoms with E-state index >= 15 is 0 Å². The van der Waals surface area contributed by atoms with Crippen LogP contribution in [0.25, 0.3) is 0 Å². The minimum Gasteiger partial charge on any atom is -0.298 e. The molecule has 0 amide bonds. The van der Waals surface area contributed by atoms with Gasteiger partial charge in [-0.2, -0.15) is 0 Å². The third kappa shape index (κ3) is 4.17. The van der Waals surface area contributed by atoms with E-state index in [0.29, 0.717) is 0 Å². The predicted octanol–water partition coefficient (Wildman–Crippen LogP) is 3.87. The third-order valence-corrected chi connectivity index (χ3v) is 3.61. The van der Waals surface area contributed by atoms with Gasteiger partial charge in [-0.3, -0.25) is 4.79 Å². The molecule has 0 saturated heterocycles. The lowest BCUT2D eigenvalue weighted by Crippen LogP contribution is -2.07. The van der Waals surface area contributed by atoms with Gasteiger partial charge in [0.05, 0.1) is 5.75 Å². The van der Waals surface area contributed by atoms with Gasteiger partial charge in [0.15, 0.2) is 0 Å². The van der Waals surface area contributed by atoms with E-state index in [1.165, 1.54) is 11.8 Å². The van der Waals surface area contributed by atoms with Crippen molar-refractivity contribution in [2.75, 3.05) is 5.75 Å². The maximum Gasteiger partial charge on any atom is 0.147 e. The van der Waals surface area contributed by atoms with Crippen LogP contribution in [0.4, 0.5) is 8.78 Å². The highest BCUT2D eigenvalue weighted by atomic mass is 32.2. The van der Waals surface area contributed by atoms with Crippen LogP contribution < -0.4 is 0 Å². The van der Waals surface area contributed by atoms with Gasteiger partial charge >= 0.3 is 0 Å². The summed E-state index contributed by atoms with van der Waals surface area (Å²) in [5.74, 6) is -0.947. The number of benzene rings is 2. The summed E-state index contributed by atoms with van der Waals surface area (Å²) < 4.78 is 26.3. The lowest BCUT2D eigenvalue weighted by molar-refractivity contribution is -0.116. The van der Waals surface area contributed by atoms with Crippen LogP contribution in [0, 0.1) is 11.6 Å². The van der Waals surface area contributed by atoms with E-state index in [1.807, 2.05) is 30.3 Å². The Bertz CT molecular complexity index is 570. The molecule has 0 heterocycles. The fourth-order valence-electron chi connectivity index (χ4n) is 1.62. The highest BCUT2D eigenvalue weighted by Gasteiger charge is 2.10. The molecule has 2 rings (SSSR count). The Labute approximate surface area is 114 Å². The smallest absolute Gasteiger partial charge is 0.147 e. The van der Waals surface area contributed by atoms with E-state index < -0.39 is 11.6 Å². The summed E-state index contributed by atoms with van der Waals surface area (Å²) >= 11 is 1.39. The predicted molar refractivity (Wildman–Crippen MR) is 72.2 cm³/mol. The second kappa shape index (κ2) is 6.48. The number of Topliss-reactive ketones (excluding diaryl/α,β-unsaturated/α-hetero) is 1. The molecule has 19 heavy (non-hydrogen) atoms. The maximum absolute atomic E-state index is 13.4. The van der Waals surface area contributed by atoms with Gasteiger partial charge in [-0.15, -0.1) is 11.8 Å². The minimum absolute atomic E-state index is 0.0799. The summed E-state index contributed by atoms with van der Waals surface area (Å²) in [5.41, 5.74) is 0.110. The van der Waals surface area contributed by atoms with Crippen LogP contribution in [0.15, 0.2) is 53.4 Å². The van der Waals surface area contributed by atoms with Gasteiger partial charge in [0.1, 0.15) is 17.4 Å². The van der Waals surface area contributed by atoms with E-state index in [-0.39, 0.29) is 23.5 Å². The topological polar surface area (TPSA) is 17.1 Å². The summed E-state index contributed by atoms with van der Waals surface area (Å²) in [5, 5.41) is 0. The normalized spacial score (nSPS) is 10.4. The number of carbonyl (C=O) groups excluding carboxylic acids is 1. The Balaban J connectivity index is 1.93. The van der Waals surface area contributed by atoms with E-state index in [4.69, 9.17) is 0 Å². The molecule has 0 aromatic heterocycles. The average molecular weight is 278 g/mol. The molecule has 0 saturated carbocycles. The summed E-state index contributed by atoms with van der Waals surface area (Å²) in [7, 11) is 0. The van der Waals surface area contributed by atoms with Crippen molar-refractivity contribution in [1.29, 1.82) is 0 Å². The van der Waals surface area contributed by atoms with E-state index in [2.05, 4.69) is 0 Å². The number of hydrogen-bond acceptors (Lipinski definition) is 2. The SMILES string of the molecule is O=C(CSc1ccccc1)Cc1cc(F)ccc1F. The fraction of sp³-hybridized carbons (Fsp3) is 0.133. The highest BCUT2D eigenvalue weighted by Crippen LogP contribution is 2.18. The zero-order valence-corrected chi connectivity index (χ0v) is 10.9. The van der Waals surface area contributed by atoms with Crippen molar-refractivity contribution in [3.05, 3.63) is 65.7 Å². The Morgan fingerprint density at radius 2 is 1.79 bits per heavy atom. The minimum atomic E-state index is -0.542. The molecule has 2 aromatic rings. The zero-order valence-electron chi connectivity index (χ0n) is 10.1. The zero-order chi connectivity index (χ0) is 13.7. The molecule has 0 aliphatic carbocycles. The summed E-state index contributed by atoms with van der Waals surface area (Å²) in [6, 6.07) is 12.6. The lowest BCUT2D eigenvalue weighted by Gasteiger charge is -2.03. The highest BCUT2D eigenvalue weighted by molar-refractivity contribution is 8.00. The first-order valence-corrected chi connectivity index (χ1v) is 6.77. The number of halogens is 2. The maximum atomic E-state index is 13.4. The van der Waals surface area contributed by atoms with E-state index in [0.717, 1.165) is 23.1 Å². The monoisotopic (exact) mass is 278 g/mol. The number of rotatable bonds is 5.